The van der Waals surface area contributed by atoms with Crippen LogP contribution in [0.4, 0.5) is 0 Å². The Morgan fingerprint density at radius 1 is 1.07 bits per heavy atom. The van der Waals surface area contributed by atoms with Crippen LogP contribution < -0.4 is 0 Å². The molecule has 4 heteroatoms. The fourth-order valence-corrected chi connectivity index (χ4v) is 4.39. The molecule has 1 heterocycles. The average Bonchev–Trinajstić information content (AvgIpc) is 3.43. The van der Waals surface area contributed by atoms with Crippen LogP contribution in [-0.4, -0.2) is 21.9 Å². The smallest absolute Gasteiger partial charge is 0.226 e. The van der Waals surface area contributed by atoms with Crippen LogP contribution in [0, 0.1) is 11.8 Å². The quantitative estimate of drug-likeness (QED) is 0.440. The molecule has 0 aliphatic heterocycles. The maximum Gasteiger partial charge on any atom is 0.226 e. The SMILES string of the molecule is CC(C)CN(Cc1cccn1Cc1ccccc1Cl)C(=O)[C@@H]1C[C@H]1c1ccccc1. The van der Waals surface area contributed by atoms with Gasteiger partial charge in [0.2, 0.25) is 5.91 Å². The number of amides is 1. The van der Waals surface area contributed by atoms with Gasteiger partial charge in [0.15, 0.2) is 0 Å². The Morgan fingerprint density at radius 3 is 2.53 bits per heavy atom. The van der Waals surface area contributed by atoms with Crippen molar-refractivity contribution in [1.82, 2.24) is 9.47 Å². The Morgan fingerprint density at radius 2 is 1.80 bits per heavy atom. The molecule has 0 spiro atoms. The van der Waals surface area contributed by atoms with Crippen LogP contribution in [-0.2, 0) is 17.9 Å². The summed E-state index contributed by atoms with van der Waals surface area (Å²) in [7, 11) is 0. The third-order valence-corrected chi connectivity index (χ3v) is 6.18. The highest BCUT2D eigenvalue weighted by atomic mass is 35.5. The lowest BCUT2D eigenvalue weighted by Crippen LogP contribution is -2.35. The first-order chi connectivity index (χ1) is 14.5. The van der Waals surface area contributed by atoms with Crippen LogP contribution in [0.15, 0.2) is 72.9 Å². The van der Waals surface area contributed by atoms with Crippen molar-refractivity contribution in [2.24, 2.45) is 11.8 Å². The second-order valence-electron chi connectivity index (χ2n) is 8.69. The van der Waals surface area contributed by atoms with E-state index in [0.29, 0.717) is 24.9 Å². The van der Waals surface area contributed by atoms with E-state index in [4.69, 9.17) is 11.6 Å². The molecule has 3 nitrogen and oxygen atoms in total. The molecule has 1 aliphatic carbocycles. The van der Waals surface area contributed by atoms with Crippen LogP contribution in [0.25, 0.3) is 0 Å². The average molecular weight is 421 g/mol. The van der Waals surface area contributed by atoms with E-state index in [-0.39, 0.29) is 11.8 Å². The molecule has 2 atom stereocenters. The number of hydrogen-bond acceptors (Lipinski definition) is 1. The molecule has 2 aromatic carbocycles. The van der Waals surface area contributed by atoms with Crippen molar-refractivity contribution in [1.29, 1.82) is 0 Å². The zero-order valence-electron chi connectivity index (χ0n) is 17.7. The van der Waals surface area contributed by atoms with Crippen LogP contribution in [0.1, 0.15) is 43.0 Å². The zero-order chi connectivity index (χ0) is 21.1. The lowest BCUT2D eigenvalue weighted by atomic mass is 10.1. The number of carbonyl (C=O) groups is 1. The summed E-state index contributed by atoms with van der Waals surface area (Å²) in [6.07, 6.45) is 3.03. The standard InChI is InChI=1S/C26H29ClN2O/c1-19(2)16-29(26(30)24-15-23(24)20-9-4-3-5-10-20)18-22-12-8-14-28(22)17-21-11-6-7-13-25(21)27/h3-14,19,23-24H,15-18H2,1-2H3/t23-,24+/m0/s1. The Bertz CT molecular complexity index is 995. The molecule has 0 N–H and O–H groups in total. The molecule has 0 saturated heterocycles. The van der Waals surface area contributed by atoms with Gasteiger partial charge in [-0.3, -0.25) is 4.79 Å². The molecule has 1 saturated carbocycles. The minimum Gasteiger partial charge on any atom is -0.345 e. The van der Waals surface area contributed by atoms with Crippen molar-refractivity contribution in [3.05, 3.63) is 94.8 Å². The minimum atomic E-state index is 0.109. The molecule has 0 unspecified atom stereocenters. The van der Waals surface area contributed by atoms with Crippen LogP contribution >= 0.6 is 11.6 Å². The summed E-state index contributed by atoms with van der Waals surface area (Å²) in [6, 6.07) is 22.5. The zero-order valence-corrected chi connectivity index (χ0v) is 18.4. The van der Waals surface area contributed by atoms with Gasteiger partial charge < -0.3 is 9.47 Å². The van der Waals surface area contributed by atoms with Crippen molar-refractivity contribution in [2.45, 2.75) is 39.3 Å². The number of hydrogen-bond donors (Lipinski definition) is 0. The highest BCUT2D eigenvalue weighted by Gasteiger charge is 2.45. The van der Waals surface area contributed by atoms with E-state index in [0.717, 1.165) is 29.2 Å². The van der Waals surface area contributed by atoms with Gasteiger partial charge in [0.05, 0.1) is 6.54 Å². The summed E-state index contributed by atoms with van der Waals surface area (Å²) in [4.78, 5) is 15.4. The van der Waals surface area contributed by atoms with E-state index in [1.165, 1.54) is 5.56 Å². The monoisotopic (exact) mass is 420 g/mol. The van der Waals surface area contributed by atoms with E-state index in [9.17, 15) is 4.79 Å². The van der Waals surface area contributed by atoms with Crippen LogP contribution in [0.5, 0.6) is 0 Å². The maximum atomic E-state index is 13.4. The van der Waals surface area contributed by atoms with Crippen molar-refractivity contribution < 1.29 is 4.79 Å². The first kappa shape index (κ1) is 20.7. The predicted octanol–water partition coefficient (Wildman–Crippen LogP) is 5.98. The van der Waals surface area contributed by atoms with Gasteiger partial charge in [0, 0.05) is 35.9 Å². The number of benzene rings is 2. The molecular weight excluding hydrogens is 392 g/mol. The van der Waals surface area contributed by atoms with Crippen molar-refractivity contribution in [3.8, 4) is 0 Å². The summed E-state index contributed by atoms with van der Waals surface area (Å²) in [5, 5.41) is 0.774. The van der Waals surface area contributed by atoms with E-state index < -0.39 is 0 Å². The molecule has 1 amide bonds. The highest BCUT2D eigenvalue weighted by Crippen LogP contribution is 2.48. The minimum absolute atomic E-state index is 0.109. The molecule has 3 aromatic rings. The van der Waals surface area contributed by atoms with Gasteiger partial charge in [0.25, 0.3) is 0 Å². The first-order valence-corrected chi connectivity index (χ1v) is 11.1. The second kappa shape index (κ2) is 9.09. The summed E-state index contributed by atoms with van der Waals surface area (Å²) in [5.74, 6) is 1.18. The third-order valence-electron chi connectivity index (χ3n) is 5.81. The van der Waals surface area contributed by atoms with Gasteiger partial charge >= 0.3 is 0 Å². The molecule has 30 heavy (non-hydrogen) atoms. The maximum absolute atomic E-state index is 13.4. The number of aromatic nitrogens is 1. The molecule has 4 rings (SSSR count). The summed E-state index contributed by atoms with van der Waals surface area (Å²) in [5.41, 5.74) is 3.51. The van der Waals surface area contributed by atoms with Gasteiger partial charge in [-0.2, -0.15) is 0 Å². The second-order valence-corrected chi connectivity index (χ2v) is 9.10. The topological polar surface area (TPSA) is 25.2 Å². The van der Waals surface area contributed by atoms with E-state index in [2.05, 4.69) is 65.9 Å². The lowest BCUT2D eigenvalue weighted by molar-refractivity contribution is -0.134. The van der Waals surface area contributed by atoms with Gasteiger partial charge in [-0.1, -0.05) is 74.0 Å². The lowest BCUT2D eigenvalue weighted by Gasteiger charge is -2.26. The molecule has 0 bridgehead atoms. The molecule has 1 fully saturated rings. The van der Waals surface area contributed by atoms with Gasteiger partial charge in [-0.05, 0) is 47.6 Å². The van der Waals surface area contributed by atoms with Crippen LogP contribution in [0.2, 0.25) is 5.02 Å². The molecular formula is C26H29ClN2O. The van der Waals surface area contributed by atoms with Crippen molar-refractivity contribution >= 4 is 17.5 Å². The summed E-state index contributed by atoms with van der Waals surface area (Å²) < 4.78 is 2.20. The Labute approximate surface area is 184 Å². The number of rotatable bonds is 8. The summed E-state index contributed by atoms with van der Waals surface area (Å²) in [6.45, 7) is 6.46. The molecule has 1 aliphatic rings. The Kier molecular flexibility index (Phi) is 6.29. The highest BCUT2D eigenvalue weighted by molar-refractivity contribution is 6.31. The van der Waals surface area contributed by atoms with Gasteiger partial charge in [-0.15, -0.1) is 0 Å². The van der Waals surface area contributed by atoms with Crippen LogP contribution in [0.3, 0.4) is 0 Å². The number of nitrogens with zero attached hydrogens (tertiary/aromatic N) is 2. The number of carbonyl (C=O) groups excluding carboxylic acids is 1. The van der Waals surface area contributed by atoms with E-state index >= 15 is 0 Å². The number of halogens is 1. The van der Waals surface area contributed by atoms with Crippen molar-refractivity contribution in [3.63, 3.8) is 0 Å². The molecule has 0 radical (unpaired) electrons. The van der Waals surface area contributed by atoms with E-state index in [1.54, 1.807) is 0 Å². The van der Waals surface area contributed by atoms with Gasteiger partial charge in [-0.25, -0.2) is 0 Å². The first-order valence-electron chi connectivity index (χ1n) is 10.7. The van der Waals surface area contributed by atoms with Crippen molar-refractivity contribution in [2.75, 3.05) is 6.54 Å². The predicted molar refractivity (Wildman–Crippen MR) is 123 cm³/mol. The fourth-order valence-electron chi connectivity index (χ4n) is 4.20. The van der Waals surface area contributed by atoms with E-state index in [1.807, 2.05) is 30.3 Å². The largest absolute Gasteiger partial charge is 0.345 e. The molecule has 156 valence electrons. The summed E-state index contributed by atoms with van der Waals surface area (Å²) >= 11 is 6.36. The normalized spacial score (nSPS) is 17.9. The van der Waals surface area contributed by atoms with Gasteiger partial charge in [0.1, 0.15) is 0 Å². The molecule has 1 aromatic heterocycles. The third kappa shape index (κ3) is 4.79. The fraction of sp³-hybridized carbons (Fsp3) is 0.346. The Balaban J connectivity index is 1.49. The Hall–Kier alpha value is -2.52.